The molecule has 1 N–H and O–H groups in total. The first kappa shape index (κ1) is 17.2. The molecule has 0 fully saturated rings. The topological polar surface area (TPSA) is 55.1 Å². The maximum absolute atomic E-state index is 12.4. The minimum atomic E-state index is -0.229. The number of nitrogens with zero attached hydrogens (tertiary/aromatic N) is 2. The lowest BCUT2D eigenvalue weighted by Crippen LogP contribution is -2.31. The number of aliphatic hydroxyl groups excluding tert-OH is 1. The molecule has 1 heterocycles. The third-order valence-corrected chi connectivity index (χ3v) is 5.71. The molecule has 1 aromatic heterocycles. The molecule has 0 bridgehead atoms. The summed E-state index contributed by atoms with van der Waals surface area (Å²) in [6.45, 7) is 4.54. The first-order valence-corrected chi connectivity index (χ1v) is 9.51. The summed E-state index contributed by atoms with van der Waals surface area (Å²) in [5.41, 5.74) is 5.89. The predicted molar refractivity (Wildman–Crippen MR) is 97.7 cm³/mol. The fourth-order valence-corrected chi connectivity index (χ4v) is 4.44. The third kappa shape index (κ3) is 3.57. The number of benzene rings is 1. The van der Waals surface area contributed by atoms with Crippen LogP contribution < -0.4 is 5.69 Å². The van der Waals surface area contributed by atoms with Gasteiger partial charge in [-0.15, -0.1) is 11.8 Å². The van der Waals surface area contributed by atoms with E-state index in [1.165, 1.54) is 22.3 Å². The monoisotopic (exact) mass is 344 g/mol. The van der Waals surface area contributed by atoms with Gasteiger partial charge >= 0.3 is 5.69 Å². The summed E-state index contributed by atoms with van der Waals surface area (Å²) in [7, 11) is 0. The Labute approximate surface area is 146 Å². The number of aliphatic hydroxyl groups is 1. The van der Waals surface area contributed by atoms with Crippen LogP contribution in [0, 0.1) is 13.8 Å². The molecule has 24 heavy (non-hydrogen) atoms. The maximum Gasteiger partial charge on any atom is 0.348 e. The van der Waals surface area contributed by atoms with Crippen molar-refractivity contribution in [1.82, 2.24) is 9.55 Å². The Morgan fingerprint density at radius 1 is 1.25 bits per heavy atom. The van der Waals surface area contributed by atoms with E-state index in [0.717, 1.165) is 42.2 Å². The number of fused-ring (bicyclic) bond motifs is 1. The van der Waals surface area contributed by atoms with E-state index in [4.69, 9.17) is 0 Å². The van der Waals surface area contributed by atoms with Gasteiger partial charge in [-0.3, -0.25) is 4.57 Å². The zero-order valence-corrected chi connectivity index (χ0v) is 15.2. The molecule has 3 rings (SSSR count). The van der Waals surface area contributed by atoms with Crippen LogP contribution in [-0.2, 0) is 25.1 Å². The molecule has 128 valence electrons. The Hall–Kier alpha value is -1.59. The molecule has 0 saturated heterocycles. The van der Waals surface area contributed by atoms with Crippen LogP contribution in [0.3, 0.4) is 0 Å². The molecule has 0 atom stereocenters. The van der Waals surface area contributed by atoms with E-state index in [2.05, 4.69) is 37.0 Å². The van der Waals surface area contributed by atoms with Crippen LogP contribution >= 0.6 is 11.8 Å². The van der Waals surface area contributed by atoms with E-state index in [0.29, 0.717) is 6.54 Å². The highest BCUT2D eigenvalue weighted by molar-refractivity contribution is 7.98. The van der Waals surface area contributed by atoms with Crippen molar-refractivity contribution in [2.75, 3.05) is 6.61 Å². The Morgan fingerprint density at radius 3 is 2.83 bits per heavy atom. The molecule has 0 radical (unpaired) electrons. The second-order valence-corrected chi connectivity index (χ2v) is 7.39. The normalized spacial score (nSPS) is 13.8. The number of aromatic nitrogens is 2. The number of hydrogen-bond acceptors (Lipinski definition) is 4. The maximum atomic E-state index is 12.4. The van der Waals surface area contributed by atoms with Gasteiger partial charge in [0.25, 0.3) is 0 Å². The van der Waals surface area contributed by atoms with E-state index in [-0.39, 0.29) is 12.3 Å². The van der Waals surface area contributed by atoms with Gasteiger partial charge in [-0.25, -0.2) is 4.79 Å². The molecule has 1 aromatic carbocycles. The number of hydrogen-bond donors (Lipinski definition) is 1. The van der Waals surface area contributed by atoms with E-state index in [1.807, 2.05) is 0 Å². The van der Waals surface area contributed by atoms with Crippen LogP contribution in [0.2, 0.25) is 0 Å². The van der Waals surface area contributed by atoms with E-state index in [9.17, 15) is 9.90 Å². The SMILES string of the molecule is Cc1ccc(C)c(CSc2nc(=O)n(CCO)c3c2CCCC3)c1. The summed E-state index contributed by atoms with van der Waals surface area (Å²) in [5.74, 6) is 0.830. The molecule has 0 saturated carbocycles. The van der Waals surface area contributed by atoms with Gasteiger partial charge in [-0.05, 0) is 50.7 Å². The van der Waals surface area contributed by atoms with Crippen LogP contribution in [0.1, 0.15) is 40.8 Å². The van der Waals surface area contributed by atoms with E-state index >= 15 is 0 Å². The zero-order valence-electron chi connectivity index (χ0n) is 14.3. The number of thioether (sulfide) groups is 1. The molecule has 2 aromatic rings. The second-order valence-electron chi connectivity index (χ2n) is 6.43. The minimum Gasteiger partial charge on any atom is -0.395 e. The van der Waals surface area contributed by atoms with Crippen molar-refractivity contribution >= 4 is 11.8 Å². The molecule has 0 amide bonds. The van der Waals surface area contributed by atoms with Gasteiger partial charge in [-0.2, -0.15) is 4.98 Å². The average molecular weight is 344 g/mol. The zero-order chi connectivity index (χ0) is 17.1. The molecule has 5 heteroatoms. The third-order valence-electron chi connectivity index (χ3n) is 4.64. The van der Waals surface area contributed by atoms with Gasteiger partial charge in [0.2, 0.25) is 0 Å². The molecule has 0 aliphatic heterocycles. The van der Waals surface area contributed by atoms with Crippen molar-refractivity contribution in [3.8, 4) is 0 Å². The summed E-state index contributed by atoms with van der Waals surface area (Å²) < 4.78 is 1.66. The molecular formula is C19H24N2O2S. The molecule has 4 nitrogen and oxygen atoms in total. The van der Waals surface area contributed by atoms with Crippen molar-refractivity contribution in [2.24, 2.45) is 0 Å². The summed E-state index contributed by atoms with van der Waals surface area (Å²) in [6.07, 6.45) is 4.12. The highest BCUT2D eigenvalue weighted by Crippen LogP contribution is 2.31. The van der Waals surface area contributed by atoms with Crippen LogP contribution in [0.25, 0.3) is 0 Å². The summed E-state index contributed by atoms with van der Waals surface area (Å²) >= 11 is 1.67. The highest BCUT2D eigenvalue weighted by atomic mass is 32.2. The van der Waals surface area contributed by atoms with Gasteiger partial charge in [0.05, 0.1) is 13.2 Å². The molecule has 1 aliphatic carbocycles. The number of aryl methyl sites for hydroxylation is 2. The van der Waals surface area contributed by atoms with Crippen LogP contribution in [0.5, 0.6) is 0 Å². The first-order chi connectivity index (χ1) is 11.6. The van der Waals surface area contributed by atoms with Crippen molar-refractivity contribution in [3.05, 3.63) is 56.6 Å². The lowest BCUT2D eigenvalue weighted by Gasteiger charge is -2.22. The van der Waals surface area contributed by atoms with Gasteiger partial charge in [0.15, 0.2) is 0 Å². The van der Waals surface area contributed by atoms with Crippen molar-refractivity contribution in [3.63, 3.8) is 0 Å². The standard InChI is InChI=1S/C19H24N2O2S/c1-13-7-8-14(2)15(11-13)12-24-18-16-5-3-4-6-17(16)21(9-10-22)19(23)20-18/h7-8,11,22H,3-6,9-10,12H2,1-2H3. The second kappa shape index (κ2) is 7.53. The fraction of sp³-hybridized carbons (Fsp3) is 0.474. The first-order valence-electron chi connectivity index (χ1n) is 8.52. The van der Waals surface area contributed by atoms with Crippen LogP contribution in [0.4, 0.5) is 0 Å². The van der Waals surface area contributed by atoms with E-state index < -0.39 is 0 Å². The van der Waals surface area contributed by atoms with Crippen molar-refractivity contribution in [1.29, 1.82) is 0 Å². The molecule has 1 aliphatic rings. The Bertz CT molecular complexity index is 799. The minimum absolute atomic E-state index is 0.0248. The molecule has 0 unspecified atom stereocenters. The van der Waals surface area contributed by atoms with Gasteiger partial charge in [-0.1, -0.05) is 23.8 Å². The van der Waals surface area contributed by atoms with Gasteiger partial charge in [0, 0.05) is 17.0 Å². The van der Waals surface area contributed by atoms with E-state index in [1.54, 1.807) is 16.3 Å². The fourth-order valence-electron chi connectivity index (χ4n) is 3.30. The summed E-state index contributed by atoms with van der Waals surface area (Å²) in [6, 6.07) is 6.48. The van der Waals surface area contributed by atoms with Crippen LogP contribution in [0.15, 0.2) is 28.0 Å². The molecular weight excluding hydrogens is 320 g/mol. The lowest BCUT2D eigenvalue weighted by atomic mass is 9.97. The molecule has 0 spiro atoms. The number of rotatable bonds is 5. The predicted octanol–water partition coefficient (Wildman–Crippen LogP) is 3.02. The summed E-state index contributed by atoms with van der Waals surface area (Å²) in [4.78, 5) is 16.7. The van der Waals surface area contributed by atoms with Crippen LogP contribution in [-0.4, -0.2) is 21.3 Å². The Balaban J connectivity index is 1.92. The Morgan fingerprint density at radius 2 is 2.04 bits per heavy atom. The highest BCUT2D eigenvalue weighted by Gasteiger charge is 2.20. The lowest BCUT2D eigenvalue weighted by molar-refractivity contribution is 0.269. The van der Waals surface area contributed by atoms with Gasteiger partial charge < -0.3 is 5.11 Å². The average Bonchev–Trinajstić information content (AvgIpc) is 2.58. The van der Waals surface area contributed by atoms with Gasteiger partial charge in [0.1, 0.15) is 5.03 Å². The Kier molecular flexibility index (Phi) is 5.41. The smallest absolute Gasteiger partial charge is 0.348 e. The van der Waals surface area contributed by atoms with Crippen molar-refractivity contribution in [2.45, 2.75) is 56.9 Å². The quantitative estimate of drug-likeness (QED) is 0.669. The largest absolute Gasteiger partial charge is 0.395 e. The van der Waals surface area contributed by atoms with Crippen molar-refractivity contribution < 1.29 is 5.11 Å². The summed E-state index contributed by atoms with van der Waals surface area (Å²) in [5, 5.41) is 10.1.